The summed E-state index contributed by atoms with van der Waals surface area (Å²) in [5.74, 6) is 6.63. The van der Waals surface area contributed by atoms with Gasteiger partial charge >= 0.3 is 0 Å². The second-order valence-corrected chi connectivity index (χ2v) is 7.29. The monoisotopic (exact) mass is 190 g/mol. The van der Waals surface area contributed by atoms with Gasteiger partial charge in [-0.3, -0.25) is 0 Å². The van der Waals surface area contributed by atoms with Gasteiger partial charge in [-0.1, -0.05) is 27.7 Å². The van der Waals surface area contributed by atoms with Gasteiger partial charge in [0.05, 0.1) is 0 Å². The van der Waals surface area contributed by atoms with Crippen molar-refractivity contribution in [2.24, 2.45) is 46.3 Å². The van der Waals surface area contributed by atoms with Crippen LogP contribution in [0.15, 0.2) is 0 Å². The highest BCUT2D eigenvalue weighted by molar-refractivity contribution is 5.30. The van der Waals surface area contributed by atoms with Crippen molar-refractivity contribution in [3.05, 3.63) is 0 Å². The molecule has 0 aromatic heterocycles. The number of fused-ring (bicyclic) bond motifs is 1. The third-order valence-corrected chi connectivity index (χ3v) is 7.56. The minimum Gasteiger partial charge on any atom is -0.0622 e. The maximum atomic E-state index is 2.64. The molecule has 0 heterocycles. The first kappa shape index (κ1) is 8.19. The van der Waals surface area contributed by atoms with Gasteiger partial charge in [-0.2, -0.15) is 0 Å². The summed E-state index contributed by atoms with van der Waals surface area (Å²) in [6.07, 6.45) is 3.12. The second kappa shape index (κ2) is 1.83. The molecule has 0 spiro atoms. The predicted octanol–water partition coefficient (Wildman–Crippen LogP) is 3.57. The van der Waals surface area contributed by atoms with Crippen molar-refractivity contribution in [2.75, 3.05) is 0 Å². The van der Waals surface area contributed by atoms with E-state index in [0.717, 1.165) is 46.3 Å². The quantitative estimate of drug-likeness (QED) is 0.548. The number of hydrogen-bond donors (Lipinski definition) is 0. The fraction of sp³-hybridized carbons (Fsp3) is 1.00. The molecule has 0 radical (unpaired) electrons. The van der Waals surface area contributed by atoms with E-state index < -0.39 is 0 Å². The first-order valence-corrected chi connectivity index (χ1v) is 6.52. The topological polar surface area (TPSA) is 0 Å². The first-order chi connectivity index (χ1) is 6.52. The van der Waals surface area contributed by atoms with E-state index in [4.69, 9.17) is 0 Å². The van der Waals surface area contributed by atoms with Crippen LogP contribution in [0.25, 0.3) is 0 Å². The Kier molecular flexibility index (Phi) is 1.07. The van der Waals surface area contributed by atoms with Gasteiger partial charge in [0.15, 0.2) is 0 Å². The molecule has 0 amide bonds. The van der Waals surface area contributed by atoms with E-state index in [1.54, 1.807) is 12.8 Å². The van der Waals surface area contributed by atoms with Crippen LogP contribution in [0.3, 0.4) is 0 Å². The molecule has 0 heteroatoms. The summed E-state index contributed by atoms with van der Waals surface area (Å²) in [7, 11) is 0. The second-order valence-electron chi connectivity index (χ2n) is 7.29. The Morgan fingerprint density at radius 2 is 1.71 bits per heavy atom. The van der Waals surface area contributed by atoms with Crippen LogP contribution in [0.4, 0.5) is 0 Å². The molecule has 0 N–H and O–H groups in total. The fourth-order valence-electron chi connectivity index (χ4n) is 6.74. The molecule has 14 heavy (non-hydrogen) atoms. The molecule has 5 aliphatic rings. The molecule has 0 aromatic rings. The Bertz CT molecular complexity index is 320. The minimum absolute atomic E-state index is 0.734. The molecule has 78 valence electrons. The summed E-state index contributed by atoms with van der Waals surface area (Å²) in [6, 6.07) is 0. The van der Waals surface area contributed by atoms with E-state index in [-0.39, 0.29) is 0 Å². The van der Waals surface area contributed by atoms with Gasteiger partial charge in [0.1, 0.15) is 0 Å². The smallest absolute Gasteiger partial charge is 0.0202 e. The van der Waals surface area contributed by atoms with Crippen molar-refractivity contribution < 1.29 is 0 Å². The number of rotatable bonds is 0. The van der Waals surface area contributed by atoms with Crippen LogP contribution < -0.4 is 0 Å². The van der Waals surface area contributed by atoms with Crippen molar-refractivity contribution in [1.82, 2.24) is 0 Å². The Morgan fingerprint density at radius 3 is 2.29 bits per heavy atom. The molecule has 8 unspecified atom stereocenters. The zero-order valence-electron chi connectivity index (χ0n) is 9.88. The summed E-state index contributed by atoms with van der Waals surface area (Å²) >= 11 is 0. The summed E-state index contributed by atoms with van der Waals surface area (Å²) < 4.78 is 0. The summed E-state index contributed by atoms with van der Waals surface area (Å²) in [5.41, 5.74) is 1.50. The van der Waals surface area contributed by atoms with Gasteiger partial charge in [-0.25, -0.2) is 0 Å². The molecule has 5 aliphatic carbocycles. The zero-order valence-corrected chi connectivity index (χ0v) is 9.88. The standard InChI is InChI=1S/C14H22/c1-7-5-9-11(7)14(4)12(9)10-6-13(14,3)8(10)2/h7-12H,5-6H2,1-4H3. The molecule has 5 fully saturated rings. The average molecular weight is 190 g/mol. The molecule has 0 saturated heterocycles. The van der Waals surface area contributed by atoms with E-state index in [0.29, 0.717) is 0 Å². The van der Waals surface area contributed by atoms with Gasteiger partial charge in [-0.05, 0) is 59.2 Å². The van der Waals surface area contributed by atoms with E-state index in [9.17, 15) is 0 Å². The van der Waals surface area contributed by atoms with Crippen LogP contribution >= 0.6 is 0 Å². The summed E-state index contributed by atoms with van der Waals surface area (Å²) in [6.45, 7) is 10.3. The molecular formula is C14H22. The number of hydrogen-bond acceptors (Lipinski definition) is 0. The Morgan fingerprint density at radius 1 is 1.00 bits per heavy atom. The largest absolute Gasteiger partial charge is 0.0622 e. The summed E-state index contributed by atoms with van der Waals surface area (Å²) in [4.78, 5) is 0. The average Bonchev–Trinajstić information content (AvgIpc) is 2.37. The maximum Gasteiger partial charge on any atom is -0.0202 e. The maximum absolute atomic E-state index is 2.64. The van der Waals surface area contributed by atoms with Crippen molar-refractivity contribution in [3.63, 3.8) is 0 Å². The van der Waals surface area contributed by atoms with E-state index >= 15 is 0 Å². The van der Waals surface area contributed by atoms with Gasteiger partial charge in [-0.15, -0.1) is 0 Å². The van der Waals surface area contributed by atoms with Crippen molar-refractivity contribution in [1.29, 1.82) is 0 Å². The first-order valence-electron chi connectivity index (χ1n) is 6.52. The third-order valence-electron chi connectivity index (χ3n) is 7.56. The highest BCUT2D eigenvalue weighted by Crippen LogP contribution is 2.88. The van der Waals surface area contributed by atoms with Gasteiger partial charge < -0.3 is 0 Å². The molecular weight excluding hydrogens is 168 g/mol. The third kappa shape index (κ3) is 0.463. The Labute approximate surface area is 87.5 Å². The lowest BCUT2D eigenvalue weighted by Gasteiger charge is -2.69. The van der Waals surface area contributed by atoms with Gasteiger partial charge in [0.2, 0.25) is 0 Å². The molecule has 5 saturated carbocycles. The fourth-order valence-corrected chi connectivity index (χ4v) is 6.74. The molecule has 8 atom stereocenters. The van der Waals surface area contributed by atoms with Crippen LogP contribution in [0, 0.1) is 46.3 Å². The van der Waals surface area contributed by atoms with E-state index in [1.807, 2.05) is 0 Å². The van der Waals surface area contributed by atoms with E-state index in [1.165, 1.54) is 0 Å². The van der Waals surface area contributed by atoms with Crippen molar-refractivity contribution in [2.45, 2.75) is 40.5 Å². The van der Waals surface area contributed by atoms with Gasteiger partial charge in [0.25, 0.3) is 0 Å². The highest BCUT2D eigenvalue weighted by Gasteiger charge is 2.83. The van der Waals surface area contributed by atoms with Crippen LogP contribution in [-0.4, -0.2) is 0 Å². The molecule has 0 aromatic carbocycles. The van der Waals surface area contributed by atoms with E-state index in [2.05, 4.69) is 27.7 Å². The molecule has 0 aliphatic heterocycles. The zero-order chi connectivity index (χ0) is 9.88. The lowest BCUT2D eigenvalue weighted by Crippen LogP contribution is -2.64. The van der Waals surface area contributed by atoms with Crippen LogP contribution in [-0.2, 0) is 0 Å². The minimum atomic E-state index is 0.734. The Balaban J connectivity index is 1.82. The van der Waals surface area contributed by atoms with Crippen molar-refractivity contribution >= 4 is 0 Å². The predicted molar refractivity (Wildman–Crippen MR) is 57.7 cm³/mol. The van der Waals surface area contributed by atoms with Gasteiger partial charge in [0, 0.05) is 0 Å². The van der Waals surface area contributed by atoms with Crippen LogP contribution in [0.5, 0.6) is 0 Å². The molecule has 5 rings (SSSR count). The highest BCUT2D eigenvalue weighted by atomic mass is 14.9. The Hall–Kier alpha value is 0. The lowest BCUT2D eigenvalue weighted by atomic mass is 9.35. The normalized spacial score (nSPS) is 78.0. The lowest BCUT2D eigenvalue weighted by molar-refractivity contribution is -0.219. The van der Waals surface area contributed by atoms with Crippen molar-refractivity contribution in [3.8, 4) is 0 Å². The van der Waals surface area contributed by atoms with Crippen LogP contribution in [0.1, 0.15) is 40.5 Å². The van der Waals surface area contributed by atoms with Crippen LogP contribution in [0.2, 0.25) is 0 Å². The molecule has 0 nitrogen and oxygen atoms in total. The SMILES string of the molecule is CC1CC2C1C1(C)C2C2CC1(C)C2C. The summed E-state index contributed by atoms with van der Waals surface area (Å²) in [5, 5.41) is 0. The molecule has 2 bridgehead atoms.